The summed E-state index contributed by atoms with van der Waals surface area (Å²) in [7, 11) is -0.697. The van der Waals surface area contributed by atoms with Crippen molar-refractivity contribution in [1.29, 1.82) is 0 Å². The van der Waals surface area contributed by atoms with E-state index in [9.17, 15) is 8.42 Å². The van der Waals surface area contributed by atoms with E-state index in [-0.39, 0.29) is 24.2 Å². The third kappa shape index (κ3) is 5.93. The summed E-state index contributed by atoms with van der Waals surface area (Å²) in [5.41, 5.74) is 2.58. The van der Waals surface area contributed by atoms with E-state index in [1.807, 2.05) is 42.2 Å². The van der Waals surface area contributed by atoms with E-state index in [0.29, 0.717) is 49.2 Å². The summed E-state index contributed by atoms with van der Waals surface area (Å²) < 4.78 is 51.4. The fraction of sp³-hybridized carbons (Fsp3) is 0.300. The van der Waals surface area contributed by atoms with Crippen LogP contribution in [0.2, 0.25) is 0 Å². The number of hydrogen-bond acceptors (Lipinski definition) is 10. The van der Waals surface area contributed by atoms with Crippen LogP contribution < -0.4 is 28.6 Å². The van der Waals surface area contributed by atoms with E-state index in [1.54, 1.807) is 38.5 Å². The van der Waals surface area contributed by atoms with Gasteiger partial charge in [-0.1, -0.05) is 23.8 Å². The molecule has 224 valence electrons. The van der Waals surface area contributed by atoms with E-state index >= 15 is 0 Å². The Balaban J connectivity index is 1.25. The highest BCUT2D eigenvalue weighted by molar-refractivity contribution is 7.90. The Bertz CT molecular complexity index is 1770. The predicted octanol–water partition coefficient (Wildman–Crippen LogP) is 3.34. The van der Waals surface area contributed by atoms with Crippen LogP contribution >= 0.6 is 0 Å². The van der Waals surface area contributed by atoms with Gasteiger partial charge in [-0.25, -0.2) is 28.1 Å². The van der Waals surface area contributed by atoms with E-state index in [2.05, 4.69) is 19.6 Å². The van der Waals surface area contributed by atoms with Gasteiger partial charge in [0.25, 0.3) is 10.0 Å². The average molecular weight is 605 g/mol. The number of nitrogens with zero attached hydrogens (tertiary/aromatic N) is 5. The third-order valence-corrected chi connectivity index (χ3v) is 8.75. The molecule has 4 aromatic rings. The van der Waals surface area contributed by atoms with Crippen LogP contribution in [0.5, 0.6) is 23.0 Å². The van der Waals surface area contributed by atoms with Crippen molar-refractivity contribution in [3.8, 4) is 23.0 Å². The molecule has 1 N–H and O–H groups in total. The van der Waals surface area contributed by atoms with E-state index in [4.69, 9.17) is 23.9 Å². The topological polar surface area (TPSA) is 128 Å². The number of guanidine groups is 1. The van der Waals surface area contributed by atoms with Crippen molar-refractivity contribution >= 4 is 32.7 Å². The molecular formula is C30H32N6O6S. The first-order valence-electron chi connectivity index (χ1n) is 13.7. The van der Waals surface area contributed by atoms with Gasteiger partial charge in [0.2, 0.25) is 12.8 Å². The lowest BCUT2D eigenvalue weighted by Crippen LogP contribution is -2.53. The number of rotatable bonds is 7. The van der Waals surface area contributed by atoms with Crippen molar-refractivity contribution in [3.63, 3.8) is 0 Å². The minimum Gasteiger partial charge on any atom is -0.493 e. The first kappa shape index (κ1) is 28.3. The number of aryl methyl sites for hydroxylation is 1. The summed E-state index contributed by atoms with van der Waals surface area (Å²) >= 11 is 0. The van der Waals surface area contributed by atoms with E-state index in [0.717, 1.165) is 27.8 Å². The molecule has 0 bridgehead atoms. The highest BCUT2D eigenvalue weighted by Crippen LogP contribution is 2.35. The maximum atomic E-state index is 13.4. The molecule has 12 nitrogen and oxygen atoms in total. The lowest BCUT2D eigenvalue weighted by atomic mass is 10.2. The molecule has 0 amide bonds. The molecule has 2 aliphatic heterocycles. The monoisotopic (exact) mass is 604 g/mol. The van der Waals surface area contributed by atoms with Crippen LogP contribution in [-0.2, 0) is 16.6 Å². The van der Waals surface area contributed by atoms with Crippen molar-refractivity contribution in [2.75, 3.05) is 52.1 Å². The number of aliphatic imine (C=N–C) groups is 1. The van der Waals surface area contributed by atoms with Gasteiger partial charge < -0.3 is 28.7 Å². The number of fused-ring (bicyclic) bond motifs is 2. The minimum absolute atomic E-state index is 0.171. The van der Waals surface area contributed by atoms with Gasteiger partial charge in [0.1, 0.15) is 12.1 Å². The van der Waals surface area contributed by atoms with Crippen LogP contribution in [0.25, 0.3) is 10.9 Å². The molecule has 1 aromatic heterocycles. The fourth-order valence-electron chi connectivity index (χ4n) is 5.05. The Morgan fingerprint density at radius 3 is 2.40 bits per heavy atom. The average Bonchev–Trinajstić information content (AvgIpc) is 3.50. The molecule has 0 radical (unpaired) electrons. The quantitative estimate of drug-likeness (QED) is 0.248. The van der Waals surface area contributed by atoms with Crippen molar-refractivity contribution in [2.45, 2.75) is 18.4 Å². The van der Waals surface area contributed by atoms with Gasteiger partial charge in [-0.2, -0.15) is 0 Å². The Morgan fingerprint density at radius 1 is 0.930 bits per heavy atom. The second-order valence-corrected chi connectivity index (χ2v) is 11.8. The molecule has 1 saturated heterocycles. The van der Waals surface area contributed by atoms with Gasteiger partial charge in [0, 0.05) is 37.6 Å². The molecule has 3 aromatic carbocycles. The summed E-state index contributed by atoms with van der Waals surface area (Å²) in [6, 6.07) is 16.0. The molecule has 13 heteroatoms. The van der Waals surface area contributed by atoms with Crippen molar-refractivity contribution in [1.82, 2.24) is 19.6 Å². The second-order valence-electron chi connectivity index (χ2n) is 10.1. The number of sulfonamides is 1. The molecule has 0 saturated carbocycles. The van der Waals surface area contributed by atoms with Gasteiger partial charge in [-0.05, 0) is 42.8 Å². The fourth-order valence-corrected chi connectivity index (χ4v) is 6.10. The van der Waals surface area contributed by atoms with Gasteiger partial charge in [-0.15, -0.1) is 0 Å². The molecular weight excluding hydrogens is 572 g/mol. The molecule has 0 aliphatic carbocycles. The number of hydrogen-bond donors (Lipinski definition) is 1. The summed E-state index contributed by atoms with van der Waals surface area (Å²) in [5.74, 6) is 3.55. The number of aromatic nitrogens is 2. The highest BCUT2D eigenvalue weighted by Gasteiger charge is 2.26. The van der Waals surface area contributed by atoms with Crippen LogP contribution in [-0.4, -0.2) is 76.4 Å². The Labute approximate surface area is 249 Å². The number of methoxy groups -OCH3 is 2. The van der Waals surface area contributed by atoms with Gasteiger partial charge in [0.05, 0.1) is 31.2 Å². The van der Waals surface area contributed by atoms with Gasteiger partial charge >= 0.3 is 0 Å². The standard InChI is InChI=1S/C30H32N6O6S/c1-20-4-7-22(8-5-20)43(37,38)34-30(31-17-21-6-9-25-28(14-21)42-19-41-25)36-12-10-35(11-13-36)29-23-15-26(39-2)27(40-3)16-24(23)32-18-33-29/h4-9,14-16,18H,10-13,17,19H2,1-3H3,(H,31,34). The summed E-state index contributed by atoms with van der Waals surface area (Å²) in [6.07, 6.45) is 1.53. The molecule has 3 heterocycles. The molecule has 2 aliphatic rings. The number of piperazine rings is 1. The van der Waals surface area contributed by atoms with Gasteiger partial charge in [0.15, 0.2) is 23.0 Å². The molecule has 0 spiro atoms. The Hall–Kier alpha value is -4.78. The number of anilines is 1. The van der Waals surface area contributed by atoms with Crippen LogP contribution in [0.3, 0.4) is 0 Å². The van der Waals surface area contributed by atoms with Crippen molar-refractivity contribution < 1.29 is 27.4 Å². The zero-order valence-corrected chi connectivity index (χ0v) is 24.9. The Kier molecular flexibility index (Phi) is 7.80. The third-order valence-electron chi connectivity index (χ3n) is 7.40. The highest BCUT2D eigenvalue weighted by atomic mass is 32.2. The number of benzene rings is 3. The number of ether oxygens (including phenoxy) is 4. The van der Waals surface area contributed by atoms with Crippen LogP contribution in [0, 0.1) is 6.92 Å². The number of nitrogens with one attached hydrogen (secondary N) is 1. The molecule has 0 atom stereocenters. The first-order chi connectivity index (χ1) is 20.8. The van der Waals surface area contributed by atoms with Crippen molar-refractivity contribution in [3.05, 3.63) is 72.1 Å². The summed E-state index contributed by atoms with van der Waals surface area (Å²) in [4.78, 5) is 18.0. The Morgan fingerprint density at radius 2 is 1.65 bits per heavy atom. The lowest BCUT2D eigenvalue weighted by Gasteiger charge is -2.37. The maximum absolute atomic E-state index is 13.4. The maximum Gasteiger partial charge on any atom is 0.264 e. The van der Waals surface area contributed by atoms with E-state index < -0.39 is 10.0 Å². The predicted molar refractivity (Wildman–Crippen MR) is 162 cm³/mol. The minimum atomic E-state index is -3.88. The zero-order valence-electron chi connectivity index (χ0n) is 24.1. The summed E-state index contributed by atoms with van der Waals surface area (Å²) in [5, 5.41) is 0.838. The van der Waals surface area contributed by atoms with Crippen LogP contribution in [0.15, 0.2) is 70.8 Å². The van der Waals surface area contributed by atoms with Crippen molar-refractivity contribution in [2.24, 2.45) is 4.99 Å². The largest absolute Gasteiger partial charge is 0.493 e. The second kappa shape index (κ2) is 11.8. The molecule has 1 fully saturated rings. The first-order valence-corrected chi connectivity index (χ1v) is 15.2. The van der Waals surface area contributed by atoms with Crippen LogP contribution in [0.4, 0.5) is 5.82 Å². The van der Waals surface area contributed by atoms with Crippen LogP contribution in [0.1, 0.15) is 11.1 Å². The molecule has 43 heavy (non-hydrogen) atoms. The summed E-state index contributed by atoms with van der Waals surface area (Å²) in [6.45, 7) is 4.52. The smallest absolute Gasteiger partial charge is 0.264 e. The normalized spacial score (nSPS) is 15.1. The SMILES string of the molecule is COc1cc2ncnc(N3CCN(/C(=N/Cc4ccc5c(c4)OCO5)NS(=O)(=O)c4ccc(C)cc4)CC3)c2cc1OC. The zero-order chi connectivity index (χ0) is 30.0. The lowest BCUT2D eigenvalue weighted by molar-refractivity contribution is 0.174. The van der Waals surface area contributed by atoms with Gasteiger partial charge in [-0.3, -0.25) is 0 Å². The molecule has 0 unspecified atom stereocenters. The van der Waals surface area contributed by atoms with E-state index in [1.165, 1.54) is 6.33 Å². The molecule has 6 rings (SSSR count).